The maximum Gasteiger partial charge on any atom is 0.124 e. The minimum atomic E-state index is -1.67. The van der Waals surface area contributed by atoms with Crippen molar-refractivity contribution in [3.63, 3.8) is 0 Å². The molecule has 0 saturated heterocycles. The minimum Gasteiger partial charge on any atom is -0.507 e. The summed E-state index contributed by atoms with van der Waals surface area (Å²) in [5.41, 5.74) is 0.449. The van der Waals surface area contributed by atoms with Gasteiger partial charge in [-0.2, -0.15) is 0 Å². The van der Waals surface area contributed by atoms with Crippen LogP contribution in [0.5, 0.6) is 5.75 Å². The number of para-hydroxylation sites is 1. The molecular weight excluding hydrogens is 266 g/mol. The molecule has 0 aliphatic heterocycles. The summed E-state index contributed by atoms with van der Waals surface area (Å²) in [5.74, 6) is 0.0297. The van der Waals surface area contributed by atoms with Crippen LogP contribution in [0.25, 0.3) is 0 Å². The van der Waals surface area contributed by atoms with E-state index in [9.17, 15) is 20.4 Å². The summed E-state index contributed by atoms with van der Waals surface area (Å²) in [6.45, 7) is -0.961. The van der Waals surface area contributed by atoms with E-state index in [1.807, 2.05) is 0 Å². The van der Waals surface area contributed by atoms with Crippen LogP contribution in [0.15, 0.2) is 29.3 Å². The predicted molar refractivity (Wildman–Crippen MR) is 71.7 cm³/mol. The van der Waals surface area contributed by atoms with Crippen molar-refractivity contribution in [2.45, 2.75) is 24.4 Å². The maximum atomic E-state index is 9.60. The van der Waals surface area contributed by atoms with Crippen molar-refractivity contribution in [1.82, 2.24) is 0 Å². The molecule has 0 fully saturated rings. The topological polar surface area (TPSA) is 134 Å². The van der Waals surface area contributed by atoms with Crippen LogP contribution in [-0.2, 0) is 0 Å². The van der Waals surface area contributed by atoms with Crippen LogP contribution in [0, 0.1) is 0 Å². The average molecular weight is 285 g/mol. The molecular formula is C13H19NO6. The maximum absolute atomic E-state index is 9.60. The Labute approximate surface area is 116 Å². The Morgan fingerprint density at radius 3 is 2.20 bits per heavy atom. The van der Waals surface area contributed by atoms with Crippen LogP contribution in [-0.4, -0.2) is 74.4 Å². The van der Waals surface area contributed by atoms with Crippen LogP contribution < -0.4 is 0 Å². The molecule has 1 aromatic rings. The Morgan fingerprint density at radius 2 is 1.60 bits per heavy atom. The van der Waals surface area contributed by atoms with Gasteiger partial charge in [0.05, 0.1) is 13.2 Å². The normalized spacial score (nSPS) is 17.9. The zero-order valence-electron chi connectivity index (χ0n) is 10.7. The standard InChI is InChI=1S/C13H19NO6/c15-7-11(18)13(20)12(19)10(17)6-14-5-8-3-1-2-4-9(8)16/h1-5,10-13,15-20H,6-7H2/t10-,11-,12+,13-/m1/s1. The lowest BCUT2D eigenvalue weighted by molar-refractivity contribution is -0.112. The van der Waals surface area contributed by atoms with Crippen molar-refractivity contribution in [2.24, 2.45) is 4.99 Å². The lowest BCUT2D eigenvalue weighted by Crippen LogP contribution is -2.46. The summed E-state index contributed by atoms with van der Waals surface area (Å²) in [7, 11) is 0. The van der Waals surface area contributed by atoms with E-state index in [2.05, 4.69) is 4.99 Å². The van der Waals surface area contributed by atoms with E-state index in [0.717, 1.165) is 0 Å². The number of benzene rings is 1. The summed E-state index contributed by atoms with van der Waals surface area (Å²) in [6, 6.07) is 6.45. The molecule has 20 heavy (non-hydrogen) atoms. The van der Waals surface area contributed by atoms with Crippen LogP contribution >= 0.6 is 0 Å². The van der Waals surface area contributed by atoms with Crippen LogP contribution in [0.2, 0.25) is 0 Å². The highest BCUT2D eigenvalue weighted by Gasteiger charge is 2.29. The van der Waals surface area contributed by atoms with Gasteiger partial charge in [0.1, 0.15) is 30.2 Å². The molecule has 1 aromatic carbocycles. The smallest absolute Gasteiger partial charge is 0.124 e. The summed E-state index contributed by atoms with van der Waals surface area (Å²) in [5, 5.41) is 55.8. The quantitative estimate of drug-likeness (QED) is 0.329. The number of aromatic hydroxyl groups is 1. The zero-order valence-corrected chi connectivity index (χ0v) is 10.7. The molecule has 6 N–H and O–H groups in total. The van der Waals surface area contributed by atoms with Crippen molar-refractivity contribution in [2.75, 3.05) is 13.2 Å². The molecule has 0 saturated carbocycles. The highest BCUT2D eigenvalue weighted by molar-refractivity contribution is 5.83. The Balaban J connectivity index is 2.54. The van der Waals surface area contributed by atoms with Gasteiger partial charge >= 0.3 is 0 Å². The largest absolute Gasteiger partial charge is 0.507 e. The van der Waals surface area contributed by atoms with Gasteiger partial charge in [0.2, 0.25) is 0 Å². The molecule has 1 rings (SSSR count). The molecule has 0 heterocycles. The van der Waals surface area contributed by atoms with Crippen molar-refractivity contribution >= 4 is 6.21 Å². The molecule has 0 bridgehead atoms. The third-order valence-electron chi connectivity index (χ3n) is 2.79. The molecule has 7 nitrogen and oxygen atoms in total. The molecule has 0 spiro atoms. The van der Waals surface area contributed by atoms with E-state index in [0.29, 0.717) is 5.56 Å². The third kappa shape index (κ3) is 4.55. The second-order valence-corrected chi connectivity index (χ2v) is 4.35. The first-order chi connectivity index (χ1) is 9.47. The fourth-order valence-corrected chi connectivity index (χ4v) is 1.53. The first-order valence-corrected chi connectivity index (χ1v) is 6.08. The number of rotatable bonds is 7. The minimum absolute atomic E-state index is 0.0297. The first kappa shape index (κ1) is 16.5. The summed E-state index contributed by atoms with van der Waals surface area (Å²) >= 11 is 0. The number of nitrogens with zero attached hydrogens (tertiary/aromatic N) is 1. The average Bonchev–Trinajstić information content (AvgIpc) is 2.46. The predicted octanol–water partition coefficient (Wildman–Crippen LogP) is -1.75. The number of aliphatic imine (C=N–C) groups is 1. The van der Waals surface area contributed by atoms with E-state index < -0.39 is 31.0 Å². The molecule has 0 aliphatic carbocycles. The Kier molecular flexibility index (Phi) is 6.56. The van der Waals surface area contributed by atoms with Gasteiger partial charge in [-0.1, -0.05) is 12.1 Å². The van der Waals surface area contributed by atoms with E-state index >= 15 is 0 Å². The van der Waals surface area contributed by atoms with E-state index in [1.54, 1.807) is 18.2 Å². The molecule has 0 aliphatic rings. The summed E-state index contributed by atoms with van der Waals surface area (Å²) in [4.78, 5) is 3.84. The number of hydrogen-bond acceptors (Lipinski definition) is 7. The van der Waals surface area contributed by atoms with Gasteiger partial charge < -0.3 is 30.6 Å². The Hall–Kier alpha value is -1.51. The van der Waals surface area contributed by atoms with Crippen LogP contribution in [0.3, 0.4) is 0 Å². The number of aliphatic hydroxyl groups is 5. The van der Waals surface area contributed by atoms with Crippen LogP contribution in [0.4, 0.5) is 0 Å². The monoisotopic (exact) mass is 285 g/mol. The van der Waals surface area contributed by atoms with Crippen molar-refractivity contribution in [3.8, 4) is 5.75 Å². The van der Waals surface area contributed by atoms with Gasteiger partial charge in [0.15, 0.2) is 0 Å². The third-order valence-corrected chi connectivity index (χ3v) is 2.79. The van der Waals surface area contributed by atoms with Crippen molar-refractivity contribution < 1.29 is 30.6 Å². The number of hydrogen-bond donors (Lipinski definition) is 6. The van der Waals surface area contributed by atoms with Gasteiger partial charge in [-0.25, -0.2) is 0 Å². The molecule has 0 amide bonds. The fourth-order valence-electron chi connectivity index (χ4n) is 1.53. The molecule has 0 aromatic heterocycles. The molecule has 7 heteroatoms. The first-order valence-electron chi connectivity index (χ1n) is 6.08. The van der Waals surface area contributed by atoms with Crippen molar-refractivity contribution in [1.29, 1.82) is 0 Å². The summed E-state index contributed by atoms with van der Waals surface area (Å²) < 4.78 is 0. The van der Waals surface area contributed by atoms with Gasteiger partial charge in [0, 0.05) is 11.8 Å². The van der Waals surface area contributed by atoms with E-state index in [4.69, 9.17) is 10.2 Å². The second kappa shape index (κ2) is 7.93. The van der Waals surface area contributed by atoms with Gasteiger partial charge in [-0.15, -0.1) is 0 Å². The highest BCUT2D eigenvalue weighted by Crippen LogP contribution is 2.13. The molecule has 112 valence electrons. The van der Waals surface area contributed by atoms with Gasteiger partial charge in [0.25, 0.3) is 0 Å². The fraction of sp³-hybridized carbons (Fsp3) is 0.462. The van der Waals surface area contributed by atoms with E-state index in [-0.39, 0.29) is 12.3 Å². The number of phenols is 1. The molecule has 0 unspecified atom stereocenters. The van der Waals surface area contributed by atoms with Gasteiger partial charge in [-0.3, -0.25) is 4.99 Å². The molecule has 4 atom stereocenters. The van der Waals surface area contributed by atoms with Crippen LogP contribution in [0.1, 0.15) is 5.56 Å². The molecule has 0 radical (unpaired) electrons. The Bertz CT molecular complexity index is 439. The highest BCUT2D eigenvalue weighted by atomic mass is 16.4. The zero-order chi connectivity index (χ0) is 15.1. The lowest BCUT2D eigenvalue weighted by Gasteiger charge is -2.24. The summed E-state index contributed by atoms with van der Waals surface area (Å²) in [6.07, 6.45) is -4.94. The van der Waals surface area contributed by atoms with E-state index in [1.165, 1.54) is 12.3 Å². The second-order valence-electron chi connectivity index (χ2n) is 4.35. The van der Waals surface area contributed by atoms with Crippen molar-refractivity contribution in [3.05, 3.63) is 29.8 Å². The SMILES string of the molecule is OC[C@@H](O)[C@@H](O)[C@@H](O)[C@H](O)CN=Cc1ccccc1O. The van der Waals surface area contributed by atoms with Gasteiger partial charge in [-0.05, 0) is 12.1 Å². The Morgan fingerprint density at radius 1 is 1.00 bits per heavy atom. The lowest BCUT2D eigenvalue weighted by atomic mass is 10.0. The number of phenolic OH excluding ortho intramolecular Hbond substituents is 1. The number of aliphatic hydroxyl groups excluding tert-OH is 5.